The molecule has 3 nitrogen and oxygen atoms in total. The van der Waals surface area contributed by atoms with E-state index in [1.807, 2.05) is 30.7 Å². The third kappa shape index (κ3) is 2.64. The number of thioether (sulfide) groups is 1. The quantitative estimate of drug-likeness (QED) is 0.622. The van der Waals surface area contributed by atoms with Crippen LogP contribution in [0.15, 0.2) is 41.6 Å². The van der Waals surface area contributed by atoms with E-state index in [0.717, 1.165) is 27.9 Å². The maximum absolute atomic E-state index is 4.29. The van der Waals surface area contributed by atoms with Crippen molar-refractivity contribution < 1.29 is 0 Å². The van der Waals surface area contributed by atoms with Gasteiger partial charge in [-0.15, -0.1) is 10.2 Å². The molecule has 1 heterocycles. The van der Waals surface area contributed by atoms with Crippen LogP contribution in [0.5, 0.6) is 0 Å². The van der Waals surface area contributed by atoms with Crippen LogP contribution in [0.4, 0.5) is 0 Å². The Morgan fingerprint density at radius 3 is 2.72 bits per heavy atom. The predicted octanol–water partition coefficient (Wildman–Crippen LogP) is 3.46. The molecule has 0 saturated carbocycles. The molecule has 0 radical (unpaired) electrons. The van der Waals surface area contributed by atoms with E-state index in [-0.39, 0.29) is 0 Å². The molecule has 4 heteroatoms. The highest BCUT2D eigenvalue weighted by atomic mass is 32.2. The van der Waals surface area contributed by atoms with Crippen molar-refractivity contribution in [3.63, 3.8) is 0 Å². The molecule has 1 aromatic carbocycles. The van der Waals surface area contributed by atoms with Crippen molar-refractivity contribution in [3.05, 3.63) is 42.0 Å². The van der Waals surface area contributed by atoms with E-state index in [1.54, 1.807) is 11.8 Å². The Kier molecular flexibility index (Phi) is 3.87. The average Bonchev–Trinajstić information content (AvgIpc) is 2.69. The Morgan fingerprint density at radius 1 is 1.33 bits per heavy atom. The topological polar surface area (TPSA) is 30.7 Å². The van der Waals surface area contributed by atoms with Gasteiger partial charge in [0.2, 0.25) is 0 Å². The van der Waals surface area contributed by atoms with Crippen LogP contribution in [0.3, 0.4) is 0 Å². The Hall–Kier alpha value is -1.55. The minimum Gasteiger partial charge on any atom is -0.305 e. The van der Waals surface area contributed by atoms with E-state index in [4.69, 9.17) is 0 Å². The second-order valence-corrected chi connectivity index (χ2v) is 5.37. The van der Waals surface area contributed by atoms with Gasteiger partial charge in [-0.25, -0.2) is 0 Å². The fraction of sp³-hybridized carbons (Fsp3) is 0.286. The lowest BCUT2D eigenvalue weighted by molar-refractivity contribution is 0.794. The summed E-state index contributed by atoms with van der Waals surface area (Å²) in [5.74, 6) is 1.79. The van der Waals surface area contributed by atoms with Crippen LogP contribution < -0.4 is 0 Å². The van der Waals surface area contributed by atoms with Gasteiger partial charge in [-0.05, 0) is 19.4 Å². The van der Waals surface area contributed by atoms with Gasteiger partial charge in [0.05, 0.1) is 0 Å². The van der Waals surface area contributed by atoms with Gasteiger partial charge in [-0.2, -0.15) is 0 Å². The Bertz CT molecular complexity index is 572. The molecule has 0 N–H and O–H groups in total. The molecule has 0 spiro atoms. The van der Waals surface area contributed by atoms with Crippen molar-refractivity contribution in [2.24, 2.45) is 7.05 Å². The van der Waals surface area contributed by atoms with Gasteiger partial charge < -0.3 is 4.57 Å². The summed E-state index contributed by atoms with van der Waals surface area (Å²) in [6, 6.07) is 8.22. The summed E-state index contributed by atoms with van der Waals surface area (Å²) in [5, 5.41) is 9.45. The van der Waals surface area contributed by atoms with Crippen molar-refractivity contribution in [2.45, 2.75) is 19.0 Å². The van der Waals surface area contributed by atoms with Crippen molar-refractivity contribution in [3.8, 4) is 11.4 Å². The monoisotopic (exact) mass is 259 g/mol. The summed E-state index contributed by atoms with van der Waals surface area (Å²) < 4.78 is 2.04. The van der Waals surface area contributed by atoms with Gasteiger partial charge in [-0.1, -0.05) is 48.2 Å². The van der Waals surface area contributed by atoms with Crippen LogP contribution in [0, 0.1) is 6.92 Å². The summed E-state index contributed by atoms with van der Waals surface area (Å²) >= 11 is 1.67. The van der Waals surface area contributed by atoms with Gasteiger partial charge >= 0.3 is 0 Å². The first-order chi connectivity index (χ1) is 8.59. The van der Waals surface area contributed by atoms with Crippen molar-refractivity contribution in [1.82, 2.24) is 14.8 Å². The van der Waals surface area contributed by atoms with Crippen LogP contribution in [0.2, 0.25) is 0 Å². The van der Waals surface area contributed by atoms with Crippen LogP contribution in [0.1, 0.15) is 12.5 Å². The lowest BCUT2D eigenvalue weighted by Gasteiger charge is -2.06. The van der Waals surface area contributed by atoms with E-state index in [9.17, 15) is 0 Å². The molecule has 0 unspecified atom stereocenters. The number of benzene rings is 1. The van der Waals surface area contributed by atoms with E-state index < -0.39 is 0 Å². The second-order valence-electron chi connectivity index (χ2n) is 4.43. The molecule has 0 aliphatic carbocycles. The Labute approximate surface area is 112 Å². The molecule has 0 saturated heterocycles. The number of aromatic nitrogens is 3. The molecule has 0 bridgehead atoms. The number of aryl methyl sites for hydroxylation is 1. The normalized spacial score (nSPS) is 10.6. The maximum Gasteiger partial charge on any atom is 0.191 e. The minimum atomic E-state index is 0.875. The second kappa shape index (κ2) is 5.40. The van der Waals surface area contributed by atoms with E-state index >= 15 is 0 Å². The molecule has 0 atom stereocenters. The number of nitrogens with zero attached hydrogens (tertiary/aromatic N) is 3. The van der Waals surface area contributed by atoms with E-state index in [0.29, 0.717) is 0 Å². The lowest BCUT2D eigenvalue weighted by atomic mass is 10.1. The fourth-order valence-electron chi connectivity index (χ4n) is 1.69. The van der Waals surface area contributed by atoms with Crippen LogP contribution in [-0.2, 0) is 7.05 Å². The highest BCUT2D eigenvalue weighted by Gasteiger charge is 2.12. The summed E-state index contributed by atoms with van der Waals surface area (Å²) in [5.41, 5.74) is 3.49. The largest absolute Gasteiger partial charge is 0.305 e. The third-order valence-electron chi connectivity index (χ3n) is 2.67. The van der Waals surface area contributed by atoms with E-state index in [1.165, 1.54) is 5.56 Å². The van der Waals surface area contributed by atoms with Gasteiger partial charge in [0.25, 0.3) is 0 Å². The summed E-state index contributed by atoms with van der Waals surface area (Å²) in [6.07, 6.45) is 0. The first-order valence-electron chi connectivity index (χ1n) is 5.82. The van der Waals surface area contributed by atoms with Crippen LogP contribution in [0.25, 0.3) is 11.4 Å². The number of hydrogen-bond acceptors (Lipinski definition) is 3. The fourth-order valence-corrected chi connectivity index (χ4v) is 2.44. The molecule has 0 fully saturated rings. The lowest BCUT2D eigenvalue weighted by Crippen LogP contribution is -1.96. The minimum absolute atomic E-state index is 0.875. The van der Waals surface area contributed by atoms with Crippen LogP contribution in [-0.4, -0.2) is 20.5 Å². The SMILES string of the molecule is C=C(C)CSc1nnc(-c2ccccc2C)n1C. The maximum atomic E-state index is 4.29. The molecule has 1 aromatic heterocycles. The van der Waals surface area contributed by atoms with Gasteiger partial charge in [0.15, 0.2) is 11.0 Å². The van der Waals surface area contributed by atoms with Crippen molar-refractivity contribution in [2.75, 3.05) is 5.75 Å². The highest BCUT2D eigenvalue weighted by Crippen LogP contribution is 2.25. The molecule has 2 aromatic rings. The summed E-state index contributed by atoms with van der Waals surface area (Å²) in [6.45, 7) is 8.01. The zero-order valence-electron chi connectivity index (χ0n) is 11.0. The smallest absolute Gasteiger partial charge is 0.191 e. The molecule has 2 rings (SSSR count). The van der Waals surface area contributed by atoms with Gasteiger partial charge in [0, 0.05) is 18.4 Å². The molecule has 0 amide bonds. The molecule has 94 valence electrons. The standard InChI is InChI=1S/C14H17N3S/c1-10(2)9-18-14-16-15-13(17(14)4)12-8-6-5-7-11(12)3/h5-8H,1,9H2,2-4H3. The molecule has 0 aliphatic heterocycles. The van der Waals surface area contributed by atoms with Gasteiger partial charge in [-0.3, -0.25) is 0 Å². The summed E-state index contributed by atoms with van der Waals surface area (Å²) in [4.78, 5) is 0. The first kappa shape index (κ1) is 12.9. The number of hydrogen-bond donors (Lipinski definition) is 0. The Morgan fingerprint density at radius 2 is 2.06 bits per heavy atom. The molecular weight excluding hydrogens is 242 g/mol. The average molecular weight is 259 g/mol. The zero-order chi connectivity index (χ0) is 13.1. The van der Waals surface area contributed by atoms with E-state index in [2.05, 4.69) is 35.8 Å². The number of rotatable bonds is 4. The first-order valence-corrected chi connectivity index (χ1v) is 6.80. The molecule has 18 heavy (non-hydrogen) atoms. The molecular formula is C14H17N3S. The van der Waals surface area contributed by atoms with Crippen molar-refractivity contribution >= 4 is 11.8 Å². The summed E-state index contributed by atoms with van der Waals surface area (Å²) in [7, 11) is 2.00. The molecule has 0 aliphatic rings. The Balaban J connectivity index is 2.31. The highest BCUT2D eigenvalue weighted by molar-refractivity contribution is 7.99. The van der Waals surface area contributed by atoms with Gasteiger partial charge in [0.1, 0.15) is 0 Å². The predicted molar refractivity (Wildman–Crippen MR) is 76.7 cm³/mol. The van der Waals surface area contributed by atoms with Crippen molar-refractivity contribution in [1.29, 1.82) is 0 Å². The zero-order valence-corrected chi connectivity index (χ0v) is 11.8. The third-order valence-corrected chi connectivity index (χ3v) is 3.92. The van der Waals surface area contributed by atoms with Crippen LogP contribution >= 0.6 is 11.8 Å².